The first-order valence-electron chi connectivity index (χ1n) is 10.9. The number of rotatable bonds is 4. The van der Waals surface area contributed by atoms with E-state index in [0.29, 0.717) is 43.4 Å². The highest BCUT2D eigenvalue weighted by Gasteiger charge is 2.44. The molecule has 0 aliphatic carbocycles. The Bertz CT molecular complexity index is 1310. The van der Waals surface area contributed by atoms with Crippen LogP contribution in [0.25, 0.3) is 11.3 Å². The third kappa shape index (κ3) is 3.48. The molecule has 8 heteroatoms. The summed E-state index contributed by atoms with van der Waals surface area (Å²) in [7, 11) is 0. The molecular formula is C25H24N4O4. The number of hydrogen-bond donors (Lipinski definition) is 1. The normalized spacial score (nSPS) is 16.8. The van der Waals surface area contributed by atoms with Gasteiger partial charge in [-0.15, -0.1) is 0 Å². The zero-order chi connectivity index (χ0) is 23.1. The summed E-state index contributed by atoms with van der Waals surface area (Å²) in [6.45, 7) is 5.51. The Morgan fingerprint density at radius 2 is 1.48 bits per heavy atom. The second-order valence-corrected chi connectivity index (χ2v) is 8.19. The second-order valence-electron chi connectivity index (χ2n) is 8.19. The first-order chi connectivity index (χ1) is 16.0. The van der Waals surface area contributed by atoms with Crippen molar-refractivity contribution < 1.29 is 14.3 Å². The lowest BCUT2D eigenvalue weighted by Gasteiger charge is -2.29. The minimum atomic E-state index is -0.496. The van der Waals surface area contributed by atoms with Crippen LogP contribution in [0.5, 0.6) is 0 Å². The van der Waals surface area contributed by atoms with Gasteiger partial charge in [-0.2, -0.15) is 0 Å². The average Bonchev–Trinajstić information content (AvgIpc) is 3.26. The van der Waals surface area contributed by atoms with Crippen LogP contribution in [0.1, 0.15) is 16.8 Å². The van der Waals surface area contributed by atoms with Crippen LogP contribution in [0, 0.1) is 13.8 Å². The molecule has 0 atom stereocenters. The van der Waals surface area contributed by atoms with Crippen molar-refractivity contribution in [2.75, 3.05) is 31.2 Å². The van der Waals surface area contributed by atoms with Crippen LogP contribution in [-0.2, 0) is 14.3 Å². The van der Waals surface area contributed by atoms with E-state index < -0.39 is 11.8 Å². The molecule has 1 fully saturated rings. The summed E-state index contributed by atoms with van der Waals surface area (Å²) in [6, 6.07) is 16.3. The zero-order valence-electron chi connectivity index (χ0n) is 18.5. The molecule has 2 aliphatic heterocycles. The molecule has 2 aliphatic rings. The zero-order valence-corrected chi connectivity index (χ0v) is 18.5. The molecule has 33 heavy (non-hydrogen) atoms. The number of nitrogens with one attached hydrogen (secondary N) is 1. The minimum Gasteiger partial charge on any atom is -0.378 e. The fraction of sp³-hybridized carbons (Fsp3) is 0.240. The summed E-state index contributed by atoms with van der Waals surface area (Å²) in [4.78, 5) is 43.9. The summed E-state index contributed by atoms with van der Waals surface area (Å²) >= 11 is 0. The van der Waals surface area contributed by atoms with E-state index in [2.05, 4.69) is 5.10 Å². The number of carbonyl (C=O) groups excluding carboxylic acids is 2. The number of morpholine rings is 1. The van der Waals surface area contributed by atoms with Gasteiger partial charge in [0.1, 0.15) is 5.70 Å². The number of hydrogen-bond acceptors (Lipinski definition) is 5. The van der Waals surface area contributed by atoms with Gasteiger partial charge in [0.05, 0.1) is 35.7 Å². The molecule has 3 aromatic rings. The maximum Gasteiger partial charge on any atom is 0.282 e. The summed E-state index contributed by atoms with van der Waals surface area (Å²) in [6.07, 6.45) is 0. The highest BCUT2D eigenvalue weighted by molar-refractivity contribution is 6.45. The first kappa shape index (κ1) is 21.0. The van der Waals surface area contributed by atoms with Gasteiger partial charge in [0.25, 0.3) is 17.4 Å². The molecular weight excluding hydrogens is 420 g/mol. The number of carbonyl (C=O) groups is 2. The summed E-state index contributed by atoms with van der Waals surface area (Å²) in [5, 5.41) is 3.07. The largest absolute Gasteiger partial charge is 0.378 e. The summed E-state index contributed by atoms with van der Waals surface area (Å²) in [5.41, 5.74) is 2.91. The van der Waals surface area contributed by atoms with Crippen molar-refractivity contribution in [3.63, 3.8) is 0 Å². The van der Waals surface area contributed by atoms with Crippen molar-refractivity contribution in [3.8, 4) is 5.69 Å². The van der Waals surface area contributed by atoms with E-state index in [0.717, 1.165) is 10.5 Å². The van der Waals surface area contributed by atoms with Gasteiger partial charge in [0.2, 0.25) is 0 Å². The number of benzene rings is 2. The molecule has 2 amide bonds. The molecule has 8 nitrogen and oxygen atoms in total. The van der Waals surface area contributed by atoms with Crippen molar-refractivity contribution in [1.29, 1.82) is 0 Å². The van der Waals surface area contributed by atoms with Crippen LogP contribution in [0.2, 0.25) is 0 Å². The molecule has 1 saturated heterocycles. The van der Waals surface area contributed by atoms with Gasteiger partial charge >= 0.3 is 0 Å². The number of amides is 2. The van der Waals surface area contributed by atoms with Crippen LogP contribution in [0.15, 0.2) is 65.1 Å². The molecule has 0 saturated carbocycles. The third-order valence-electron chi connectivity index (χ3n) is 6.01. The van der Waals surface area contributed by atoms with Crippen molar-refractivity contribution in [1.82, 2.24) is 14.7 Å². The monoisotopic (exact) mass is 444 g/mol. The Balaban J connectivity index is 1.69. The Kier molecular flexibility index (Phi) is 5.22. The fourth-order valence-electron chi connectivity index (χ4n) is 4.35. The van der Waals surface area contributed by atoms with E-state index in [1.807, 2.05) is 42.2 Å². The lowest BCUT2D eigenvalue weighted by atomic mass is 10.0. The van der Waals surface area contributed by atoms with Crippen LogP contribution < -0.4 is 10.5 Å². The van der Waals surface area contributed by atoms with Crippen molar-refractivity contribution >= 4 is 23.1 Å². The number of H-pyrrole nitrogens is 1. The number of aromatic nitrogens is 2. The Morgan fingerprint density at radius 3 is 2.15 bits per heavy atom. The quantitative estimate of drug-likeness (QED) is 0.625. The van der Waals surface area contributed by atoms with Crippen molar-refractivity contribution in [3.05, 3.63) is 87.5 Å². The molecule has 2 aromatic carbocycles. The SMILES string of the molecule is Cc1ccc(N2C(=O)C(c3c(C)[nH]n(-c4ccccc4)c3=O)=C(N3CCOCC3)C2=O)cc1. The van der Waals surface area contributed by atoms with E-state index in [1.54, 1.807) is 31.2 Å². The van der Waals surface area contributed by atoms with Gasteiger partial charge in [0.15, 0.2) is 0 Å². The Labute approximate surface area is 190 Å². The number of aryl methyl sites for hydroxylation is 2. The van der Waals surface area contributed by atoms with E-state index >= 15 is 0 Å². The molecule has 168 valence electrons. The van der Waals surface area contributed by atoms with Gasteiger partial charge in [-0.3, -0.25) is 19.5 Å². The van der Waals surface area contributed by atoms with Crippen molar-refractivity contribution in [2.24, 2.45) is 0 Å². The lowest BCUT2D eigenvalue weighted by Crippen LogP contribution is -2.40. The Morgan fingerprint density at radius 1 is 0.818 bits per heavy atom. The van der Waals surface area contributed by atoms with Crippen molar-refractivity contribution in [2.45, 2.75) is 13.8 Å². The lowest BCUT2D eigenvalue weighted by molar-refractivity contribution is -0.121. The molecule has 1 N–H and O–H groups in total. The predicted octanol–water partition coefficient (Wildman–Crippen LogP) is 2.40. The van der Waals surface area contributed by atoms with Crippen LogP contribution >= 0.6 is 0 Å². The maximum atomic E-state index is 13.7. The van der Waals surface area contributed by atoms with E-state index in [9.17, 15) is 14.4 Å². The number of imide groups is 1. The van der Waals surface area contributed by atoms with E-state index in [-0.39, 0.29) is 22.4 Å². The smallest absolute Gasteiger partial charge is 0.282 e. The van der Waals surface area contributed by atoms with Crippen LogP contribution in [0.3, 0.4) is 0 Å². The number of para-hydroxylation sites is 1. The minimum absolute atomic E-state index is 0.135. The highest BCUT2D eigenvalue weighted by Crippen LogP contribution is 2.35. The molecule has 0 spiro atoms. The van der Waals surface area contributed by atoms with Gasteiger partial charge in [-0.1, -0.05) is 35.9 Å². The number of aromatic amines is 1. The van der Waals surface area contributed by atoms with Crippen LogP contribution in [-0.4, -0.2) is 52.8 Å². The maximum absolute atomic E-state index is 13.7. The van der Waals surface area contributed by atoms with Gasteiger partial charge < -0.3 is 9.64 Å². The molecule has 0 radical (unpaired) electrons. The summed E-state index contributed by atoms with van der Waals surface area (Å²) < 4.78 is 6.85. The first-order valence-corrected chi connectivity index (χ1v) is 10.9. The molecule has 1 aromatic heterocycles. The van der Waals surface area contributed by atoms with Gasteiger partial charge in [-0.25, -0.2) is 9.58 Å². The topological polar surface area (TPSA) is 87.6 Å². The van der Waals surface area contributed by atoms with E-state index in [1.165, 1.54) is 4.68 Å². The number of nitrogens with zero attached hydrogens (tertiary/aromatic N) is 3. The molecule has 0 unspecified atom stereocenters. The molecule has 3 heterocycles. The molecule has 5 rings (SSSR count). The Hall–Kier alpha value is -3.91. The fourth-order valence-corrected chi connectivity index (χ4v) is 4.35. The number of ether oxygens (including phenoxy) is 1. The average molecular weight is 444 g/mol. The highest BCUT2D eigenvalue weighted by atomic mass is 16.5. The van der Waals surface area contributed by atoms with Gasteiger partial charge in [0, 0.05) is 18.8 Å². The standard InChI is InChI=1S/C25H24N4O4/c1-16-8-10-18(11-9-16)28-23(30)21(22(25(28)32)27-12-14-33-15-13-27)20-17(2)26-29(24(20)31)19-6-4-3-5-7-19/h3-11,26H,12-15H2,1-2H3. The number of anilines is 1. The predicted molar refractivity (Wildman–Crippen MR) is 124 cm³/mol. The second kappa shape index (κ2) is 8.22. The third-order valence-corrected chi connectivity index (χ3v) is 6.01. The summed E-state index contributed by atoms with van der Waals surface area (Å²) in [5.74, 6) is -0.920. The van der Waals surface area contributed by atoms with Gasteiger partial charge in [-0.05, 0) is 38.1 Å². The van der Waals surface area contributed by atoms with Crippen LogP contribution in [0.4, 0.5) is 5.69 Å². The molecule has 0 bridgehead atoms. The van der Waals surface area contributed by atoms with E-state index in [4.69, 9.17) is 4.74 Å².